The largest absolute Gasteiger partial charge is 0.481 e. The number of ether oxygens (including phenoxy) is 1. The molecule has 0 radical (unpaired) electrons. The van der Waals surface area contributed by atoms with E-state index < -0.39 is 5.97 Å². The molecule has 0 bridgehead atoms. The molecular weight excluding hydrogens is 532 g/mol. The standard InChI is InChI=1S/C33H38N4O5/c38-31(39)13-15-37(33(41)28-10-5-14-34-22-28)23-24-6-4-9-26(20-24)27-11-12-30(36-16-18-42-19-17-36)29(21-27)35-32(40)25-7-2-1-3-8-25/h4-6,9-12,14,20-22,25H,1-3,7-8,13,15-19,23H2,(H,35,40)(H,38,39). The Kier molecular flexibility index (Phi) is 9.82. The first-order valence-electron chi connectivity index (χ1n) is 14.8. The molecule has 0 unspecified atom stereocenters. The maximum atomic E-state index is 13.3. The number of aromatic nitrogens is 1. The Morgan fingerprint density at radius 2 is 1.76 bits per heavy atom. The number of carboxylic acid groups (broad SMARTS) is 1. The van der Waals surface area contributed by atoms with Gasteiger partial charge in [0.1, 0.15) is 0 Å². The van der Waals surface area contributed by atoms with Crippen LogP contribution < -0.4 is 10.2 Å². The number of nitrogens with zero attached hydrogens (tertiary/aromatic N) is 3. The van der Waals surface area contributed by atoms with Crippen LogP contribution in [0.4, 0.5) is 11.4 Å². The Labute approximate surface area is 246 Å². The minimum absolute atomic E-state index is 0.0393. The molecule has 0 atom stereocenters. The highest BCUT2D eigenvalue weighted by Crippen LogP contribution is 2.34. The summed E-state index contributed by atoms with van der Waals surface area (Å²) in [6.07, 6.45) is 8.16. The molecule has 2 aliphatic rings. The van der Waals surface area contributed by atoms with E-state index in [0.717, 1.165) is 66.8 Å². The number of pyridine rings is 1. The summed E-state index contributed by atoms with van der Waals surface area (Å²) in [6, 6.07) is 17.4. The van der Waals surface area contributed by atoms with E-state index in [1.54, 1.807) is 23.2 Å². The lowest BCUT2D eigenvalue weighted by atomic mass is 9.88. The Hall–Kier alpha value is -4.24. The summed E-state index contributed by atoms with van der Waals surface area (Å²) in [5, 5.41) is 12.5. The molecule has 2 N–H and O–H groups in total. The van der Waals surface area contributed by atoms with E-state index >= 15 is 0 Å². The van der Waals surface area contributed by atoms with Crippen molar-refractivity contribution in [2.75, 3.05) is 43.1 Å². The fraction of sp³-hybridized carbons (Fsp3) is 0.394. The Morgan fingerprint density at radius 1 is 0.976 bits per heavy atom. The minimum Gasteiger partial charge on any atom is -0.481 e. The van der Waals surface area contributed by atoms with Gasteiger partial charge >= 0.3 is 5.97 Å². The lowest BCUT2D eigenvalue weighted by Gasteiger charge is -2.31. The van der Waals surface area contributed by atoms with E-state index in [2.05, 4.69) is 27.3 Å². The second kappa shape index (κ2) is 14.1. The summed E-state index contributed by atoms with van der Waals surface area (Å²) in [6.45, 7) is 3.16. The van der Waals surface area contributed by atoms with Gasteiger partial charge in [-0.3, -0.25) is 19.4 Å². The average Bonchev–Trinajstić information content (AvgIpc) is 3.04. The van der Waals surface area contributed by atoms with E-state index in [-0.39, 0.29) is 37.2 Å². The lowest BCUT2D eigenvalue weighted by molar-refractivity contribution is -0.137. The van der Waals surface area contributed by atoms with Crippen LogP contribution in [0.15, 0.2) is 67.0 Å². The van der Waals surface area contributed by atoms with Crippen LogP contribution in [0.5, 0.6) is 0 Å². The summed E-state index contributed by atoms with van der Waals surface area (Å²) in [7, 11) is 0. The molecule has 220 valence electrons. The Bertz CT molecular complexity index is 1380. The third-order valence-electron chi connectivity index (χ3n) is 8.01. The highest BCUT2D eigenvalue weighted by atomic mass is 16.5. The van der Waals surface area contributed by atoms with Crippen molar-refractivity contribution in [3.05, 3.63) is 78.1 Å². The Morgan fingerprint density at radius 3 is 2.50 bits per heavy atom. The number of carbonyl (C=O) groups is 3. The molecule has 2 heterocycles. The molecule has 1 saturated heterocycles. The summed E-state index contributed by atoms with van der Waals surface area (Å²) in [4.78, 5) is 45.7. The topological polar surface area (TPSA) is 112 Å². The minimum atomic E-state index is -0.962. The molecule has 1 aliphatic heterocycles. The van der Waals surface area contributed by atoms with Crippen LogP contribution in [0.2, 0.25) is 0 Å². The molecule has 1 aromatic heterocycles. The van der Waals surface area contributed by atoms with Crippen molar-refractivity contribution in [3.8, 4) is 11.1 Å². The van der Waals surface area contributed by atoms with Crippen molar-refractivity contribution in [1.82, 2.24) is 9.88 Å². The molecule has 9 heteroatoms. The average molecular weight is 571 g/mol. The number of hydrogen-bond acceptors (Lipinski definition) is 6. The molecule has 2 aromatic carbocycles. The van der Waals surface area contributed by atoms with Gasteiger partial charge in [0.2, 0.25) is 5.91 Å². The molecule has 9 nitrogen and oxygen atoms in total. The van der Waals surface area contributed by atoms with Crippen LogP contribution in [0.25, 0.3) is 11.1 Å². The Balaban J connectivity index is 1.40. The number of morpholine rings is 1. The van der Waals surface area contributed by atoms with Crippen LogP contribution in [0, 0.1) is 5.92 Å². The van der Waals surface area contributed by atoms with Gasteiger partial charge in [-0.15, -0.1) is 0 Å². The van der Waals surface area contributed by atoms with Gasteiger partial charge in [-0.1, -0.05) is 43.5 Å². The molecule has 0 spiro atoms. The molecule has 2 fully saturated rings. The third kappa shape index (κ3) is 7.53. The molecule has 5 rings (SSSR count). The SMILES string of the molecule is O=C(O)CCN(Cc1cccc(-c2ccc(N3CCOCC3)c(NC(=O)C3CCCCC3)c2)c1)C(=O)c1cccnc1. The van der Waals surface area contributed by atoms with E-state index in [0.29, 0.717) is 18.8 Å². The van der Waals surface area contributed by atoms with Crippen molar-refractivity contribution in [3.63, 3.8) is 0 Å². The number of rotatable bonds is 10. The number of aliphatic carboxylic acids is 1. The first kappa shape index (κ1) is 29.3. The summed E-state index contributed by atoms with van der Waals surface area (Å²) >= 11 is 0. The lowest BCUT2D eigenvalue weighted by Crippen LogP contribution is -2.37. The highest BCUT2D eigenvalue weighted by molar-refractivity contribution is 5.97. The number of carbonyl (C=O) groups excluding carboxylic acids is 2. The van der Waals surface area contributed by atoms with Gasteiger partial charge in [0, 0.05) is 44.5 Å². The second-order valence-electron chi connectivity index (χ2n) is 11.0. The quantitative estimate of drug-likeness (QED) is 0.344. The molecular formula is C33H38N4O5. The monoisotopic (exact) mass is 570 g/mol. The number of amides is 2. The zero-order chi connectivity index (χ0) is 29.3. The van der Waals surface area contributed by atoms with Crippen LogP contribution >= 0.6 is 0 Å². The number of nitrogens with one attached hydrogen (secondary N) is 1. The maximum Gasteiger partial charge on any atom is 0.305 e. The van der Waals surface area contributed by atoms with Gasteiger partial charge < -0.3 is 25.0 Å². The van der Waals surface area contributed by atoms with Crippen LogP contribution in [0.3, 0.4) is 0 Å². The summed E-state index contributed by atoms with van der Waals surface area (Å²) < 4.78 is 5.56. The number of benzene rings is 2. The normalized spacial score (nSPS) is 15.7. The molecule has 2 amide bonds. The number of hydrogen-bond donors (Lipinski definition) is 2. The van der Waals surface area contributed by atoms with Crippen LogP contribution in [-0.4, -0.2) is 65.6 Å². The fourth-order valence-corrected chi connectivity index (χ4v) is 5.72. The van der Waals surface area contributed by atoms with Crippen molar-refractivity contribution >= 4 is 29.2 Å². The van der Waals surface area contributed by atoms with Crippen molar-refractivity contribution in [1.29, 1.82) is 0 Å². The van der Waals surface area contributed by atoms with Gasteiger partial charge in [0.05, 0.1) is 36.6 Å². The van der Waals surface area contributed by atoms with Gasteiger partial charge in [-0.2, -0.15) is 0 Å². The number of anilines is 2. The molecule has 42 heavy (non-hydrogen) atoms. The first-order chi connectivity index (χ1) is 20.5. The van der Waals surface area contributed by atoms with E-state index in [1.165, 1.54) is 12.6 Å². The van der Waals surface area contributed by atoms with Gasteiger partial charge in [-0.25, -0.2) is 0 Å². The molecule has 3 aromatic rings. The summed E-state index contributed by atoms with van der Waals surface area (Å²) in [5.41, 5.74) is 4.97. The van der Waals surface area contributed by atoms with Gasteiger partial charge in [0.15, 0.2) is 0 Å². The third-order valence-corrected chi connectivity index (χ3v) is 8.01. The predicted molar refractivity (Wildman–Crippen MR) is 161 cm³/mol. The van der Waals surface area contributed by atoms with Crippen LogP contribution in [0.1, 0.15) is 54.4 Å². The maximum absolute atomic E-state index is 13.3. The zero-order valence-electron chi connectivity index (χ0n) is 23.8. The van der Waals surface area contributed by atoms with E-state index in [1.807, 2.05) is 30.3 Å². The van der Waals surface area contributed by atoms with Gasteiger partial charge in [0.25, 0.3) is 5.91 Å². The second-order valence-corrected chi connectivity index (χ2v) is 11.0. The van der Waals surface area contributed by atoms with Crippen LogP contribution in [-0.2, 0) is 20.9 Å². The first-order valence-corrected chi connectivity index (χ1v) is 14.8. The summed E-state index contributed by atoms with van der Waals surface area (Å²) in [5.74, 6) is -1.11. The smallest absolute Gasteiger partial charge is 0.305 e. The van der Waals surface area contributed by atoms with Gasteiger partial charge in [-0.05, 0) is 59.9 Å². The number of carboxylic acids is 1. The predicted octanol–water partition coefficient (Wildman–Crippen LogP) is 5.22. The van der Waals surface area contributed by atoms with Crippen molar-refractivity contribution < 1.29 is 24.2 Å². The van der Waals surface area contributed by atoms with E-state index in [4.69, 9.17) is 4.74 Å². The van der Waals surface area contributed by atoms with Crippen molar-refractivity contribution in [2.45, 2.75) is 45.1 Å². The van der Waals surface area contributed by atoms with E-state index in [9.17, 15) is 19.5 Å². The van der Waals surface area contributed by atoms with Crippen molar-refractivity contribution in [2.24, 2.45) is 5.92 Å². The molecule has 1 saturated carbocycles. The highest BCUT2D eigenvalue weighted by Gasteiger charge is 2.24. The fourth-order valence-electron chi connectivity index (χ4n) is 5.72. The zero-order valence-corrected chi connectivity index (χ0v) is 23.8. The molecule has 1 aliphatic carbocycles.